The van der Waals surface area contributed by atoms with Gasteiger partial charge in [0.2, 0.25) is 0 Å². The molecule has 1 aromatic heterocycles. The van der Waals surface area contributed by atoms with E-state index in [0.29, 0.717) is 0 Å². The lowest BCUT2D eigenvalue weighted by atomic mass is 9.77. The summed E-state index contributed by atoms with van der Waals surface area (Å²) >= 11 is 0. The molecule has 0 N–H and O–H groups in total. The van der Waals surface area contributed by atoms with Gasteiger partial charge in [-0.3, -0.25) is 4.98 Å². The number of rotatable bonds is 1. The van der Waals surface area contributed by atoms with Crippen molar-refractivity contribution in [2.75, 3.05) is 0 Å². The lowest BCUT2D eigenvalue weighted by Gasteiger charge is -2.32. The van der Waals surface area contributed by atoms with Crippen molar-refractivity contribution in [3.05, 3.63) is 36.0 Å². The molecule has 1 aromatic carbocycles. The molecule has 3 rings (SSSR count). The molecule has 1 aliphatic heterocycles. The van der Waals surface area contributed by atoms with E-state index >= 15 is 0 Å². The molecule has 0 amide bonds. The Balaban J connectivity index is 2.11. The number of para-hydroxylation sites is 1. The number of pyridine rings is 1. The Morgan fingerprint density at radius 3 is 2.30 bits per heavy atom. The zero-order valence-corrected chi connectivity index (χ0v) is 12.7. The van der Waals surface area contributed by atoms with Gasteiger partial charge >= 0.3 is 7.12 Å². The minimum Gasteiger partial charge on any atom is -0.399 e. The highest BCUT2D eigenvalue weighted by Gasteiger charge is 2.52. The molecule has 1 saturated heterocycles. The predicted molar refractivity (Wildman–Crippen MR) is 82.2 cm³/mol. The molecule has 3 nitrogen and oxygen atoms in total. The van der Waals surface area contributed by atoms with E-state index in [1.165, 1.54) is 5.56 Å². The Labute approximate surface area is 120 Å². The lowest BCUT2D eigenvalue weighted by molar-refractivity contribution is 0.00578. The van der Waals surface area contributed by atoms with Gasteiger partial charge in [-0.15, -0.1) is 0 Å². The smallest absolute Gasteiger partial charge is 0.399 e. The fraction of sp³-hybridized carbons (Fsp3) is 0.438. The highest BCUT2D eigenvalue weighted by atomic mass is 16.7. The first kappa shape index (κ1) is 13.6. The van der Waals surface area contributed by atoms with Crippen molar-refractivity contribution in [3.63, 3.8) is 0 Å². The van der Waals surface area contributed by atoms with Gasteiger partial charge in [0.25, 0.3) is 0 Å². The molecule has 0 spiro atoms. The normalized spacial score (nSPS) is 20.6. The zero-order valence-electron chi connectivity index (χ0n) is 12.7. The van der Waals surface area contributed by atoms with Crippen LogP contribution in [-0.4, -0.2) is 23.3 Å². The topological polar surface area (TPSA) is 31.4 Å². The van der Waals surface area contributed by atoms with Crippen LogP contribution in [0.2, 0.25) is 0 Å². The molecule has 0 radical (unpaired) electrons. The molecular weight excluding hydrogens is 249 g/mol. The molecule has 0 aliphatic carbocycles. The second-order valence-corrected chi connectivity index (χ2v) is 6.46. The largest absolute Gasteiger partial charge is 0.497 e. The minimum atomic E-state index is -0.363. The summed E-state index contributed by atoms with van der Waals surface area (Å²) in [6.45, 7) is 10.4. The molecular formula is C16H20BNO2. The van der Waals surface area contributed by atoms with Crippen LogP contribution < -0.4 is 5.46 Å². The van der Waals surface area contributed by atoms with Crippen molar-refractivity contribution >= 4 is 23.5 Å². The van der Waals surface area contributed by atoms with Gasteiger partial charge in [0.15, 0.2) is 0 Å². The van der Waals surface area contributed by atoms with E-state index < -0.39 is 0 Å². The number of benzene rings is 1. The maximum atomic E-state index is 6.14. The highest BCUT2D eigenvalue weighted by molar-refractivity contribution is 6.65. The fourth-order valence-corrected chi connectivity index (χ4v) is 2.50. The van der Waals surface area contributed by atoms with Gasteiger partial charge in [-0.2, -0.15) is 0 Å². The fourth-order valence-electron chi connectivity index (χ4n) is 2.50. The van der Waals surface area contributed by atoms with E-state index in [1.807, 2.05) is 24.4 Å². The molecule has 1 aliphatic rings. The molecule has 0 saturated carbocycles. The summed E-state index contributed by atoms with van der Waals surface area (Å²) in [5.41, 5.74) is 2.53. The average Bonchev–Trinajstić information content (AvgIpc) is 2.58. The van der Waals surface area contributed by atoms with Gasteiger partial charge in [0.05, 0.1) is 16.7 Å². The predicted octanol–water partition coefficient (Wildman–Crippen LogP) is 2.84. The summed E-state index contributed by atoms with van der Waals surface area (Å²) in [6.07, 6.45) is 1.84. The maximum absolute atomic E-state index is 6.14. The van der Waals surface area contributed by atoms with E-state index in [4.69, 9.17) is 9.31 Å². The number of nitrogens with zero attached hydrogens (tertiary/aromatic N) is 1. The minimum absolute atomic E-state index is 0.330. The second-order valence-electron chi connectivity index (χ2n) is 6.46. The molecule has 2 aromatic rings. The van der Waals surface area contributed by atoms with Crippen LogP contribution in [0.25, 0.3) is 10.9 Å². The third kappa shape index (κ3) is 1.95. The van der Waals surface area contributed by atoms with Crippen LogP contribution in [0.3, 0.4) is 0 Å². The third-order valence-corrected chi connectivity index (χ3v) is 4.53. The van der Waals surface area contributed by atoms with Crippen molar-refractivity contribution in [2.24, 2.45) is 0 Å². The first-order chi connectivity index (χ1) is 9.32. The van der Waals surface area contributed by atoms with Crippen LogP contribution in [0, 0.1) is 6.92 Å². The summed E-state index contributed by atoms with van der Waals surface area (Å²) in [5, 5.41) is 1.15. The Hall–Kier alpha value is -1.39. The standard InChI is InChI=1S/C16H20BNO2/c1-11-9-10-18-14-12(11)7-6-8-13(14)17-19-15(2,3)16(4,5)20-17/h6-10H,1-5H3. The first-order valence-corrected chi connectivity index (χ1v) is 7.02. The van der Waals surface area contributed by atoms with Crippen molar-refractivity contribution in [1.29, 1.82) is 0 Å². The Kier molecular flexibility index (Phi) is 2.92. The summed E-state index contributed by atoms with van der Waals surface area (Å²) in [4.78, 5) is 4.52. The monoisotopic (exact) mass is 269 g/mol. The van der Waals surface area contributed by atoms with E-state index in [9.17, 15) is 0 Å². The van der Waals surface area contributed by atoms with Crippen LogP contribution in [0.5, 0.6) is 0 Å². The molecule has 1 fully saturated rings. The van der Waals surface area contributed by atoms with E-state index in [-0.39, 0.29) is 18.3 Å². The van der Waals surface area contributed by atoms with Gasteiger partial charge in [0, 0.05) is 17.0 Å². The molecule has 2 heterocycles. The SMILES string of the molecule is Cc1ccnc2c(B3OC(C)(C)C(C)(C)O3)cccc12. The van der Waals surface area contributed by atoms with E-state index in [0.717, 1.165) is 16.4 Å². The molecule has 0 unspecified atom stereocenters. The van der Waals surface area contributed by atoms with Gasteiger partial charge in [-0.25, -0.2) is 0 Å². The number of fused-ring (bicyclic) bond motifs is 1. The average molecular weight is 269 g/mol. The van der Waals surface area contributed by atoms with Crippen LogP contribution >= 0.6 is 0 Å². The summed E-state index contributed by atoms with van der Waals surface area (Å²) in [6, 6.07) is 8.19. The van der Waals surface area contributed by atoms with Gasteiger partial charge in [-0.05, 0) is 46.2 Å². The van der Waals surface area contributed by atoms with Crippen molar-refractivity contribution in [2.45, 2.75) is 45.8 Å². The maximum Gasteiger partial charge on any atom is 0.497 e. The van der Waals surface area contributed by atoms with Gasteiger partial charge in [0.1, 0.15) is 0 Å². The van der Waals surface area contributed by atoms with Crippen LogP contribution in [0.4, 0.5) is 0 Å². The number of aryl methyl sites for hydroxylation is 1. The molecule has 0 bridgehead atoms. The number of hydrogen-bond acceptors (Lipinski definition) is 3. The van der Waals surface area contributed by atoms with Gasteiger partial charge in [-0.1, -0.05) is 18.2 Å². The summed E-state index contributed by atoms with van der Waals surface area (Å²) in [7, 11) is -0.363. The van der Waals surface area contributed by atoms with Crippen molar-refractivity contribution in [3.8, 4) is 0 Å². The van der Waals surface area contributed by atoms with Crippen molar-refractivity contribution in [1.82, 2.24) is 4.98 Å². The second kappa shape index (κ2) is 4.30. The van der Waals surface area contributed by atoms with Crippen molar-refractivity contribution < 1.29 is 9.31 Å². The molecule has 4 heteroatoms. The van der Waals surface area contributed by atoms with Gasteiger partial charge < -0.3 is 9.31 Å². The highest BCUT2D eigenvalue weighted by Crippen LogP contribution is 2.36. The van der Waals surface area contributed by atoms with E-state index in [2.05, 4.69) is 45.7 Å². The summed E-state index contributed by atoms with van der Waals surface area (Å²) < 4.78 is 12.3. The molecule has 20 heavy (non-hydrogen) atoms. The Morgan fingerprint density at radius 1 is 1.00 bits per heavy atom. The van der Waals surface area contributed by atoms with E-state index in [1.54, 1.807) is 0 Å². The van der Waals surface area contributed by atoms with Crippen LogP contribution in [0.1, 0.15) is 33.3 Å². The lowest BCUT2D eigenvalue weighted by Crippen LogP contribution is -2.41. The quantitative estimate of drug-likeness (QED) is 0.746. The molecule has 104 valence electrons. The molecule has 0 atom stereocenters. The first-order valence-electron chi connectivity index (χ1n) is 7.02. The third-order valence-electron chi connectivity index (χ3n) is 4.53. The Bertz CT molecular complexity index is 651. The Morgan fingerprint density at radius 2 is 1.65 bits per heavy atom. The number of aromatic nitrogens is 1. The van der Waals surface area contributed by atoms with Crippen LogP contribution in [0.15, 0.2) is 30.5 Å². The van der Waals surface area contributed by atoms with Crippen LogP contribution in [-0.2, 0) is 9.31 Å². The number of hydrogen-bond donors (Lipinski definition) is 0. The summed E-state index contributed by atoms with van der Waals surface area (Å²) in [5.74, 6) is 0. The zero-order chi connectivity index (χ0) is 14.5.